The van der Waals surface area contributed by atoms with Crippen molar-refractivity contribution in [3.8, 4) is 0 Å². The number of aliphatic hydroxyl groups is 1. The third-order valence-electron chi connectivity index (χ3n) is 2.39. The maximum atomic E-state index is 11.6. The van der Waals surface area contributed by atoms with E-state index in [9.17, 15) is 9.90 Å². The highest BCUT2D eigenvalue weighted by Gasteiger charge is 2.27. The van der Waals surface area contributed by atoms with E-state index in [1.54, 1.807) is 20.8 Å². The molecule has 6 heteroatoms. The summed E-state index contributed by atoms with van der Waals surface area (Å²) in [4.78, 5) is 14.4. The number of aliphatic hydroxyl groups excluding tert-OH is 1. The Balaban J connectivity index is 4.77. The van der Waals surface area contributed by atoms with Crippen molar-refractivity contribution in [3.63, 3.8) is 0 Å². The van der Waals surface area contributed by atoms with Gasteiger partial charge in [0.15, 0.2) is 4.98 Å². The van der Waals surface area contributed by atoms with Crippen LogP contribution < -0.4 is 5.32 Å². The number of alkyl carbamates (subject to hydrolysis) is 1. The Labute approximate surface area is 108 Å². The molecule has 0 aliphatic heterocycles. The third-order valence-corrected chi connectivity index (χ3v) is 2.39. The van der Waals surface area contributed by atoms with Crippen molar-refractivity contribution in [1.29, 1.82) is 5.39 Å². The maximum Gasteiger partial charge on any atom is 0.408 e. The smallest absolute Gasteiger partial charge is 0.408 e. The molecule has 0 aliphatic carbocycles. The minimum atomic E-state index is -0.638. The Morgan fingerprint density at radius 3 is 2.50 bits per heavy atom. The van der Waals surface area contributed by atoms with E-state index in [4.69, 9.17) is 10.1 Å². The molecule has 0 aromatic rings. The van der Waals surface area contributed by atoms with Gasteiger partial charge in [-0.15, -0.1) is 0 Å². The first-order chi connectivity index (χ1) is 8.21. The molecular weight excluding hydrogens is 234 g/mol. The molecule has 0 rings (SSSR count). The molecule has 0 spiro atoms. The first kappa shape index (κ1) is 16.2. The van der Waals surface area contributed by atoms with Gasteiger partial charge in [0.1, 0.15) is 5.60 Å². The second-order valence-corrected chi connectivity index (χ2v) is 5.18. The van der Waals surface area contributed by atoms with E-state index in [0.29, 0.717) is 0 Å². The summed E-state index contributed by atoms with van der Waals surface area (Å²) < 4.78 is 5.11. The minimum Gasteiger partial charge on any atom is -0.504 e. The molecule has 102 valence electrons. The van der Waals surface area contributed by atoms with Crippen molar-refractivity contribution in [2.45, 2.75) is 52.7 Å². The van der Waals surface area contributed by atoms with Gasteiger partial charge in [-0.1, -0.05) is 20.3 Å². The molecule has 2 N–H and O–H groups in total. The van der Waals surface area contributed by atoms with Gasteiger partial charge in [-0.05, 0) is 26.7 Å². The van der Waals surface area contributed by atoms with Crippen molar-refractivity contribution < 1.29 is 14.6 Å². The van der Waals surface area contributed by atoms with Crippen LogP contribution in [0.2, 0.25) is 0 Å². The van der Waals surface area contributed by atoms with Gasteiger partial charge in [-0.2, -0.15) is 0 Å². The van der Waals surface area contributed by atoms with Crippen molar-refractivity contribution >= 4 is 6.09 Å². The van der Waals surface area contributed by atoms with E-state index in [2.05, 4.69) is 10.3 Å². The summed E-state index contributed by atoms with van der Waals surface area (Å²) in [5.41, 5.74) is -0.606. The number of carbonyl (C=O) groups excluding carboxylic acids is 1. The quantitative estimate of drug-likeness (QED) is 0.597. The molecule has 2 atom stereocenters. The topological polar surface area (TPSA) is 86.7 Å². The van der Waals surface area contributed by atoms with Crippen molar-refractivity contribution in [1.82, 2.24) is 5.32 Å². The van der Waals surface area contributed by atoms with Crippen LogP contribution >= 0.6 is 0 Å². The highest BCUT2D eigenvalue weighted by atomic mass is 16.6. The van der Waals surface area contributed by atoms with Gasteiger partial charge < -0.3 is 15.2 Å². The molecule has 1 amide bonds. The van der Waals surface area contributed by atoms with E-state index in [1.807, 2.05) is 13.8 Å². The van der Waals surface area contributed by atoms with Crippen LogP contribution in [-0.4, -0.2) is 22.8 Å². The third kappa shape index (κ3) is 6.09. The largest absolute Gasteiger partial charge is 0.504 e. The first-order valence-electron chi connectivity index (χ1n) is 5.94. The lowest BCUT2D eigenvalue weighted by atomic mass is 9.98. The Kier molecular flexibility index (Phi) is 6.17. The lowest BCUT2D eigenvalue weighted by molar-refractivity contribution is 0.0484. The molecule has 0 radical (unpaired) electrons. The zero-order valence-electron chi connectivity index (χ0n) is 11.6. The van der Waals surface area contributed by atoms with Gasteiger partial charge >= 0.3 is 12.3 Å². The van der Waals surface area contributed by atoms with Crippen LogP contribution in [0.15, 0.2) is 12.0 Å². The number of nitrogens with zero attached hydrogens (tertiary/aromatic N) is 2. The predicted molar refractivity (Wildman–Crippen MR) is 68.4 cm³/mol. The molecule has 0 heterocycles. The zero-order valence-corrected chi connectivity index (χ0v) is 11.6. The Bertz CT molecular complexity index is 353. The molecule has 0 aromatic heterocycles. The Morgan fingerprint density at radius 1 is 1.56 bits per heavy atom. The molecule has 0 unspecified atom stereocenters. The lowest BCUT2D eigenvalue weighted by Gasteiger charge is -2.25. The fourth-order valence-corrected chi connectivity index (χ4v) is 1.32. The molecule has 18 heavy (non-hydrogen) atoms. The van der Waals surface area contributed by atoms with Crippen LogP contribution in [0.1, 0.15) is 41.0 Å². The molecule has 0 fully saturated rings. The fraction of sp³-hybridized carbons (Fsp3) is 0.750. The van der Waals surface area contributed by atoms with E-state index >= 15 is 0 Å². The van der Waals surface area contributed by atoms with E-state index in [0.717, 1.165) is 12.6 Å². The average molecular weight is 256 g/mol. The van der Waals surface area contributed by atoms with Crippen molar-refractivity contribution in [3.05, 3.63) is 16.9 Å². The number of ether oxygens (including phenoxy) is 1. The summed E-state index contributed by atoms with van der Waals surface area (Å²) in [7, 11) is 0. The van der Waals surface area contributed by atoms with E-state index < -0.39 is 17.7 Å². The highest BCUT2D eigenvalue weighted by molar-refractivity contribution is 5.68. The summed E-state index contributed by atoms with van der Waals surface area (Å²) in [5, 5.41) is 20.7. The molecule has 0 aliphatic rings. The summed E-state index contributed by atoms with van der Waals surface area (Å²) in [6.07, 6.45) is 1.02. The second-order valence-electron chi connectivity index (χ2n) is 5.18. The van der Waals surface area contributed by atoms with Crippen LogP contribution in [-0.2, 0) is 4.74 Å². The number of hydrogen-bond acceptors (Lipinski definition) is 4. The van der Waals surface area contributed by atoms with Gasteiger partial charge in [0.05, 0.1) is 6.04 Å². The van der Waals surface area contributed by atoms with Gasteiger partial charge in [0.25, 0.3) is 0 Å². The van der Waals surface area contributed by atoms with Crippen molar-refractivity contribution in [2.75, 3.05) is 0 Å². The number of amides is 1. The van der Waals surface area contributed by atoms with Crippen LogP contribution in [0.4, 0.5) is 4.79 Å². The number of carbonyl (C=O) groups is 1. The highest BCUT2D eigenvalue weighted by Crippen LogP contribution is 2.15. The minimum absolute atomic E-state index is 0.0180. The molecule has 6 nitrogen and oxygen atoms in total. The van der Waals surface area contributed by atoms with Crippen LogP contribution in [0, 0.1) is 11.3 Å². The lowest BCUT2D eigenvalue weighted by Crippen LogP contribution is -2.43. The van der Waals surface area contributed by atoms with Crippen molar-refractivity contribution in [2.24, 2.45) is 5.92 Å². The molecule has 0 aromatic carbocycles. The molecule has 0 saturated carbocycles. The normalized spacial score (nSPS) is 15.4. The Morgan fingerprint density at radius 2 is 2.11 bits per heavy atom. The van der Waals surface area contributed by atoms with Crippen LogP contribution in [0.25, 0.3) is 4.98 Å². The summed E-state index contributed by atoms with van der Waals surface area (Å²) in [6.45, 7) is 9.05. The Hall–Kier alpha value is -1.77. The standard InChI is InChI=1S/C12H21N3O3/c1-6-8(2)10(9(16)7-14-13)15-11(17)18-12(3,4)5/h7-8,10H,6H2,1-5H3,(H-,15,16,17)/p+1/b9-7+/t8-,10+/m1/s1. The van der Waals surface area contributed by atoms with Crippen LogP contribution in [0.3, 0.4) is 0 Å². The van der Waals surface area contributed by atoms with Gasteiger partial charge in [0.2, 0.25) is 11.2 Å². The monoisotopic (exact) mass is 256 g/mol. The number of nitrogens with one attached hydrogen (secondary N) is 1. The molecule has 0 saturated heterocycles. The predicted octanol–water partition coefficient (Wildman–Crippen LogP) is 3.18. The molecule has 0 bridgehead atoms. The number of diazo groups is 1. The van der Waals surface area contributed by atoms with E-state index in [1.165, 1.54) is 0 Å². The summed E-state index contributed by atoms with van der Waals surface area (Å²) >= 11 is 0. The summed E-state index contributed by atoms with van der Waals surface area (Å²) in [5.74, 6) is -0.228. The average Bonchev–Trinajstić information content (AvgIpc) is 2.22. The van der Waals surface area contributed by atoms with Gasteiger partial charge in [0, 0.05) is 0 Å². The number of hydrogen-bond donors (Lipinski definition) is 2. The van der Waals surface area contributed by atoms with Gasteiger partial charge in [-0.3, -0.25) is 0 Å². The number of rotatable bonds is 4. The summed E-state index contributed by atoms with van der Waals surface area (Å²) in [6, 6.07) is -0.638. The zero-order chi connectivity index (χ0) is 14.3. The SMILES string of the molecule is CC[C@@H](C)[C@H](NC(=O)OC(C)(C)C)/C(O)=C\[N+]#N. The molecular formula is C12H22N3O3+. The fourth-order valence-electron chi connectivity index (χ4n) is 1.32. The van der Waals surface area contributed by atoms with Crippen LogP contribution in [0.5, 0.6) is 0 Å². The maximum absolute atomic E-state index is 11.6. The van der Waals surface area contributed by atoms with Gasteiger partial charge in [-0.25, -0.2) is 4.79 Å². The van der Waals surface area contributed by atoms with E-state index in [-0.39, 0.29) is 11.7 Å². The first-order valence-corrected chi connectivity index (χ1v) is 5.94. The second kappa shape index (κ2) is 6.84.